The lowest BCUT2D eigenvalue weighted by molar-refractivity contribution is 0.0600. The van der Waals surface area contributed by atoms with Gasteiger partial charge in [-0.3, -0.25) is 10.6 Å². The molecule has 106 valence electrons. The zero-order valence-electron chi connectivity index (χ0n) is 11.3. The number of hydroxylamine groups is 1. The number of para-hydroxylation sites is 2. The van der Waals surface area contributed by atoms with Gasteiger partial charge in [0.25, 0.3) is 0 Å². The molecule has 1 heterocycles. The number of rotatable bonds is 2. The Balaban J connectivity index is 1.91. The summed E-state index contributed by atoms with van der Waals surface area (Å²) < 4.78 is 4.65. The first-order valence-corrected chi connectivity index (χ1v) is 6.31. The molecular formula is C15H13N3O3. The van der Waals surface area contributed by atoms with E-state index < -0.39 is 5.97 Å². The van der Waals surface area contributed by atoms with Gasteiger partial charge < -0.3 is 4.74 Å². The standard InChI is InChI=1S/C15H13N3O3/c1-21-15(19)11-8-6-10(7-9-11)14-17-16-12-4-2-3-5-13(12)18(14)20/h2-9,16,20H,1H3. The predicted octanol–water partition coefficient (Wildman–Crippen LogP) is 2.46. The van der Waals surface area contributed by atoms with Crippen LogP contribution in [0.5, 0.6) is 0 Å². The number of hydrogen-bond acceptors (Lipinski definition) is 6. The molecular weight excluding hydrogens is 270 g/mol. The molecule has 3 rings (SSSR count). The van der Waals surface area contributed by atoms with Gasteiger partial charge >= 0.3 is 5.97 Å². The Bertz CT molecular complexity index is 710. The lowest BCUT2D eigenvalue weighted by atomic mass is 10.1. The van der Waals surface area contributed by atoms with Crippen LogP contribution in [0.2, 0.25) is 0 Å². The van der Waals surface area contributed by atoms with Gasteiger partial charge in [0.1, 0.15) is 0 Å². The van der Waals surface area contributed by atoms with Gasteiger partial charge in [-0.15, -0.1) is 0 Å². The Morgan fingerprint density at radius 2 is 1.90 bits per heavy atom. The van der Waals surface area contributed by atoms with Crippen molar-refractivity contribution in [2.45, 2.75) is 0 Å². The van der Waals surface area contributed by atoms with Gasteiger partial charge in [0.2, 0.25) is 0 Å². The van der Waals surface area contributed by atoms with E-state index >= 15 is 0 Å². The van der Waals surface area contributed by atoms with E-state index in [1.165, 1.54) is 7.11 Å². The average molecular weight is 283 g/mol. The van der Waals surface area contributed by atoms with E-state index in [1.54, 1.807) is 30.3 Å². The Kier molecular flexibility index (Phi) is 3.29. The number of carbonyl (C=O) groups is 1. The Morgan fingerprint density at radius 1 is 1.19 bits per heavy atom. The fraction of sp³-hybridized carbons (Fsp3) is 0.0667. The molecule has 0 saturated heterocycles. The highest BCUT2D eigenvalue weighted by Gasteiger charge is 2.21. The second kappa shape index (κ2) is 5.26. The third-order valence-corrected chi connectivity index (χ3v) is 3.18. The van der Waals surface area contributed by atoms with Crippen LogP contribution in [0.1, 0.15) is 15.9 Å². The summed E-state index contributed by atoms with van der Waals surface area (Å²) in [4.78, 5) is 11.4. The van der Waals surface area contributed by atoms with Gasteiger partial charge in [0.05, 0.1) is 24.0 Å². The molecule has 0 spiro atoms. The van der Waals surface area contributed by atoms with Crippen LogP contribution in [0.4, 0.5) is 11.4 Å². The fourth-order valence-electron chi connectivity index (χ4n) is 2.09. The molecule has 1 aliphatic rings. The zero-order chi connectivity index (χ0) is 14.8. The maximum Gasteiger partial charge on any atom is 0.337 e. The maximum absolute atomic E-state index is 11.4. The molecule has 0 aromatic heterocycles. The summed E-state index contributed by atoms with van der Waals surface area (Å²) in [6, 6.07) is 13.9. The van der Waals surface area contributed by atoms with E-state index in [-0.39, 0.29) is 0 Å². The van der Waals surface area contributed by atoms with Gasteiger partial charge in [-0.1, -0.05) is 24.3 Å². The van der Waals surface area contributed by atoms with Crippen LogP contribution < -0.4 is 10.5 Å². The number of benzene rings is 2. The summed E-state index contributed by atoms with van der Waals surface area (Å²) in [7, 11) is 1.33. The van der Waals surface area contributed by atoms with Crippen molar-refractivity contribution in [2.24, 2.45) is 5.10 Å². The number of anilines is 2. The number of hydrazone groups is 1. The second-order valence-corrected chi connectivity index (χ2v) is 4.45. The van der Waals surface area contributed by atoms with Crippen LogP contribution in [-0.2, 0) is 4.74 Å². The van der Waals surface area contributed by atoms with E-state index in [0.717, 1.165) is 10.8 Å². The van der Waals surface area contributed by atoms with E-state index in [4.69, 9.17) is 0 Å². The Hall–Kier alpha value is -2.86. The summed E-state index contributed by atoms with van der Waals surface area (Å²) in [6.45, 7) is 0. The lowest BCUT2D eigenvalue weighted by Gasteiger charge is -2.25. The summed E-state index contributed by atoms with van der Waals surface area (Å²) in [5, 5.41) is 15.4. The normalized spacial score (nSPS) is 13.0. The van der Waals surface area contributed by atoms with Crippen LogP contribution in [0, 0.1) is 0 Å². The van der Waals surface area contributed by atoms with Crippen molar-refractivity contribution in [3.63, 3.8) is 0 Å². The number of fused-ring (bicyclic) bond motifs is 1. The van der Waals surface area contributed by atoms with Gasteiger partial charge in [-0.05, 0) is 24.3 Å². The first kappa shape index (κ1) is 13.1. The second-order valence-electron chi connectivity index (χ2n) is 4.45. The lowest BCUT2D eigenvalue weighted by Crippen LogP contribution is -2.32. The number of hydrogen-bond donors (Lipinski definition) is 2. The minimum atomic E-state index is -0.406. The molecule has 0 amide bonds. The molecule has 6 nitrogen and oxygen atoms in total. The van der Waals surface area contributed by atoms with E-state index in [2.05, 4.69) is 15.3 Å². The van der Waals surface area contributed by atoms with Crippen molar-refractivity contribution in [3.8, 4) is 0 Å². The van der Waals surface area contributed by atoms with Gasteiger partial charge in [-0.2, -0.15) is 5.10 Å². The number of nitrogens with zero attached hydrogens (tertiary/aromatic N) is 2. The number of ether oxygens (including phenoxy) is 1. The highest BCUT2D eigenvalue weighted by Crippen LogP contribution is 2.29. The van der Waals surface area contributed by atoms with Crippen molar-refractivity contribution >= 4 is 23.2 Å². The monoisotopic (exact) mass is 283 g/mol. The first-order valence-electron chi connectivity index (χ1n) is 6.31. The van der Waals surface area contributed by atoms with Crippen molar-refractivity contribution in [3.05, 3.63) is 59.7 Å². The minimum Gasteiger partial charge on any atom is -0.465 e. The van der Waals surface area contributed by atoms with E-state index in [9.17, 15) is 10.0 Å². The molecule has 6 heteroatoms. The molecule has 2 aromatic rings. The molecule has 21 heavy (non-hydrogen) atoms. The van der Waals surface area contributed by atoms with Crippen molar-refractivity contribution in [1.29, 1.82) is 0 Å². The molecule has 0 atom stereocenters. The van der Waals surface area contributed by atoms with Crippen LogP contribution in [0.3, 0.4) is 0 Å². The summed E-state index contributed by atoms with van der Waals surface area (Å²) >= 11 is 0. The predicted molar refractivity (Wildman–Crippen MR) is 78.6 cm³/mol. The molecule has 0 unspecified atom stereocenters. The zero-order valence-corrected chi connectivity index (χ0v) is 11.3. The third kappa shape index (κ3) is 2.32. The molecule has 2 N–H and O–H groups in total. The molecule has 0 radical (unpaired) electrons. The van der Waals surface area contributed by atoms with Crippen LogP contribution in [0.15, 0.2) is 53.6 Å². The Labute approximate surface area is 121 Å². The molecule has 1 aliphatic heterocycles. The topological polar surface area (TPSA) is 74.2 Å². The SMILES string of the molecule is COC(=O)c1ccc(C2=NNc3ccccc3N2O)cc1. The minimum absolute atomic E-state index is 0.352. The Morgan fingerprint density at radius 3 is 2.62 bits per heavy atom. The highest BCUT2D eigenvalue weighted by atomic mass is 16.5. The summed E-state index contributed by atoms with van der Waals surface area (Å²) in [6.07, 6.45) is 0. The summed E-state index contributed by atoms with van der Waals surface area (Å²) in [5.74, 6) is -0.0541. The van der Waals surface area contributed by atoms with Gasteiger partial charge in [0.15, 0.2) is 5.84 Å². The molecule has 0 saturated carbocycles. The molecule has 2 aromatic carbocycles. The first-order chi connectivity index (χ1) is 10.2. The quantitative estimate of drug-likeness (QED) is 0.828. The largest absolute Gasteiger partial charge is 0.465 e. The van der Waals surface area contributed by atoms with Crippen LogP contribution in [-0.4, -0.2) is 24.1 Å². The van der Waals surface area contributed by atoms with Crippen molar-refractivity contribution in [2.75, 3.05) is 17.6 Å². The highest BCUT2D eigenvalue weighted by molar-refractivity contribution is 6.11. The third-order valence-electron chi connectivity index (χ3n) is 3.18. The van der Waals surface area contributed by atoms with Gasteiger partial charge in [-0.25, -0.2) is 9.86 Å². The fourth-order valence-corrected chi connectivity index (χ4v) is 2.09. The maximum atomic E-state index is 11.4. The molecule has 0 fully saturated rings. The average Bonchev–Trinajstić information content (AvgIpc) is 2.55. The number of esters is 1. The van der Waals surface area contributed by atoms with Crippen LogP contribution in [0.25, 0.3) is 0 Å². The van der Waals surface area contributed by atoms with Gasteiger partial charge in [0, 0.05) is 5.56 Å². The number of methoxy groups -OCH3 is 1. The van der Waals surface area contributed by atoms with E-state index in [0.29, 0.717) is 22.6 Å². The van der Waals surface area contributed by atoms with Crippen molar-refractivity contribution < 1.29 is 14.7 Å². The van der Waals surface area contributed by atoms with E-state index in [1.807, 2.05) is 18.2 Å². The van der Waals surface area contributed by atoms with Crippen molar-refractivity contribution in [1.82, 2.24) is 0 Å². The number of nitrogens with one attached hydrogen (secondary N) is 1. The molecule has 0 aliphatic carbocycles. The molecule has 0 bridgehead atoms. The number of carbonyl (C=O) groups excluding carboxylic acids is 1. The smallest absolute Gasteiger partial charge is 0.337 e. The van der Waals surface area contributed by atoms with Crippen LogP contribution >= 0.6 is 0 Å². The summed E-state index contributed by atoms with van der Waals surface area (Å²) in [5.41, 5.74) is 5.33. The number of amidine groups is 1.